The van der Waals surface area contributed by atoms with Crippen LogP contribution in [-0.2, 0) is 0 Å². The van der Waals surface area contributed by atoms with Gasteiger partial charge in [-0.15, -0.1) is 6.58 Å². The van der Waals surface area contributed by atoms with Crippen molar-refractivity contribution in [1.82, 2.24) is 20.2 Å². The van der Waals surface area contributed by atoms with Gasteiger partial charge in [0, 0.05) is 19.6 Å². The molecule has 6 nitrogen and oxygen atoms in total. The smallest absolute Gasteiger partial charge is 0.271 e. The second-order valence-corrected chi connectivity index (χ2v) is 4.02. The van der Waals surface area contributed by atoms with Crippen molar-refractivity contribution in [2.45, 2.75) is 0 Å². The van der Waals surface area contributed by atoms with E-state index in [4.69, 9.17) is 0 Å². The lowest BCUT2D eigenvalue weighted by molar-refractivity contribution is 0.0945. The fraction of sp³-hybridized carbons (Fsp3) is 0.417. The summed E-state index contributed by atoms with van der Waals surface area (Å²) in [6.45, 7) is 5.58. The Balaban J connectivity index is 2.45. The monoisotopic (exact) mass is 249 g/mol. The highest BCUT2D eigenvalue weighted by atomic mass is 16.1. The summed E-state index contributed by atoms with van der Waals surface area (Å²) in [4.78, 5) is 21.8. The molecule has 6 heteroatoms. The zero-order valence-electron chi connectivity index (χ0n) is 10.8. The highest BCUT2D eigenvalue weighted by molar-refractivity contribution is 5.91. The number of anilines is 1. The van der Waals surface area contributed by atoms with Crippen molar-refractivity contribution in [2.75, 3.05) is 39.0 Å². The Morgan fingerprint density at radius 2 is 2.22 bits per heavy atom. The Morgan fingerprint density at radius 3 is 2.78 bits per heavy atom. The van der Waals surface area contributed by atoms with Crippen molar-refractivity contribution >= 4 is 11.7 Å². The van der Waals surface area contributed by atoms with Crippen LogP contribution in [0.3, 0.4) is 0 Å². The van der Waals surface area contributed by atoms with Gasteiger partial charge >= 0.3 is 0 Å². The zero-order valence-corrected chi connectivity index (χ0v) is 10.8. The molecule has 0 aliphatic rings. The van der Waals surface area contributed by atoms with E-state index < -0.39 is 0 Å². The molecule has 0 saturated heterocycles. The highest BCUT2D eigenvalue weighted by Gasteiger charge is 2.06. The van der Waals surface area contributed by atoms with Gasteiger partial charge in [0.15, 0.2) is 0 Å². The molecular weight excluding hydrogens is 230 g/mol. The third-order valence-corrected chi connectivity index (χ3v) is 2.16. The number of nitrogens with zero attached hydrogens (tertiary/aromatic N) is 3. The second kappa shape index (κ2) is 7.39. The first-order valence-electron chi connectivity index (χ1n) is 5.73. The maximum atomic E-state index is 11.7. The Kier molecular flexibility index (Phi) is 5.79. The van der Waals surface area contributed by atoms with Gasteiger partial charge in [-0.05, 0) is 14.1 Å². The third-order valence-electron chi connectivity index (χ3n) is 2.16. The largest absolute Gasteiger partial charge is 0.365 e. The molecule has 18 heavy (non-hydrogen) atoms. The summed E-state index contributed by atoms with van der Waals surface area (Å²) in [5, 5.41) is 5.76. The molecule has 0 spiro atoms. The van der Waals surface area contributed by atoms with E-state index in [2.05, 4.69) is 27.2 Å². The lowest BCUT2D eigenvalue weighted by atomic mass is 10.4. The summed E-state index contributed by atoms with van der Waals surface area (Å²) in [7, 11) is 3.90. The van der Waals surface area contributed by atoms with Crippen LogP contribution in [-0.4, -0.2) is 54.5 Å². The fourth-order valence-electron chi connectivity index (χ4n) is 1.20. The number of rotatable bonds is 7. The Hall–Kier alpha value is -1.95. The SMILES string of the molecule is C=CCNc1cnc(C(=O)NCCN(C)C)cn1. The first-order chi connectivity index (χ1) is 8.63. The van der Waals surface area contributed by atoms with Crippen molar-refractivity contribution < 1.29 is 4.79 Å². The minimum atomic E-state index is -0.209. The number of amides is 1. The molecule has 0 aromatic carbocycles. The van der Waals surface area contributed by atoms with Gasteiger partial charge in [0.05, 0.1) is 12.4 Å². The van der Waals surface area contributed by atoms with Gasteiger partial charge in [-0.3, -0.25) is 4.79 Å². The molecule has 0 unspecified atom stereocenters. The van der Waals surface area contributed by atoms with E-state index in [9.17, 15) is 4.79 Å². The standard InChI is InChI=1S/C12H19N5O/c1-4-5-13-11-9-15-10(8-16-11)12(18)14-6-7-17(2)3/h4,8-9H,1,5-7H2,2-3H3,(H,13,16)(H,14,18). The predicted molar refractivity (Wildman–Crippen MR) is 71.6 cm³/mol. The topological polar surface area (TPSA) is 70.2 Å². The minimum absolute atomic E-state index is 0.209. The van der Waals surface area contributed by atoms with Crippen molar-refractivity contribution in [2.24, 2.45) is 0 Å². The van der Waals surface area contributed by atoms with E-state index >= 15 is 0 Å². The van der Waals surface area contributed by atoms with E-state index in [-0.39, 0.29) is 5.91 Å². The number of carbonyl (C=O) groups is 1. The first kappa shape index (κ1) is 14.1. The van der Waals surface area contributed by atoms with Crippen LogP contribution in [0.4, 0.5) is 5.82 Å². The Bertz CT molecular complexity index is 388. The Morgan fingerprint density at radius 1 is 1.44 bits per heavy atom. The van der Waals surface area contributed by atoms with Crippen LogP contribution in [0, 0.1) is 0 Å². The molecule has 0 radical (unpaired) electrons. The summed E-state index contributed by atoms with van der Waals surface area (Å²) >= 11 is 0. The van der Waals surface area contributed by atoms with E-state index in [1.165, 1.54) is 12.4 Å². The number of aromatic nitrogens is 2. The normalized spacial score (nSPS) is 10.2. The summed E-state index contributed by atoms with van der Waals surface area (Å²) < 4.78 is 0. The van der Waals surface area contributed by atoms with Crippen LogP contribution in [0.5, 0.6) is 0 Å². The number of carbonyl (C=O) groups excluding carboxylic acids is 1. The van der Waals surface area contributed by atoms with E-state index in [1.807, 2.05) is 19.0 Å². The van der Waals surface area contributed by atoms with Crippen molar-refractivity contribution in [3.8, 4) is 0 Å². The molecule has 1 aromatic rings. The molecule has 0 saturated carbocycles. The molecule has 1 heterocycles. The number of nitrogens with one attached hydrogen (secondary N) is 2. The molecule has 1 aromatic heterocycles. The van der Waals surface area contributed by atoms with Gasteiger partial charge in [-0.25, -0.2) is 9.97 Å². The lowest BCUT2D eigenvalue weighted by Crippen LogP contribution is -2.31. The quantitative estimate of drug-likeness (QED) is 0.683. The average Bonchev–Trinajstić information content (AvgIpc) is 2.36. The lowest BCUT2D eigenvalue weighted by Gasteiger charge is -2.10. The van der Waals surface area contributed by atoms with Crippen LogP contribution in [0.15, 0.2) is 25.0 Å². The Labute approximate surface area is 107 Å². The average molecular weight is 249 g/mol. The van der Waals surface area contributed by atoms with Crippen molar-refractivity contribution in [3.63, 3.8) is 0 Å². The van der Waals surface area contributed by atoms with Crippen molar-refractivity contribution in [3.05, 3.63) is 30.7 Å². The maximum Gasteiger partial charge on any atom is 0.271 e. The number of likely N-dealkylation sites (N-methyl/N-ethyl adjacent to an activating group) is 1. The molecule has 0 aliphatic heterocycles. The van der Waals surface area contributed by atoms with Crippen LogP contribution in [0.1, 0.15) is 10.5 Å². The van der Waals surface area contributed by atoms with Gasteiger partial charge < -0.3 is 15.5 Å². The van der Waals surface area contributed by atoms with E-state index in [1.54, 1.807) is 6.08 Å². The van der Waals surface area contributed by atoms with Gasteiger partial charge in [0.2, 0.25) is 0 Å². The highest BCUT2D eigenvalue weighted by Crippen LogP contribution is 2.00. The van der Waals surface area contributed by atoms with Crippen LogP contribution >= 0.6 is 0 Å². The molecule has 0 bridgehead atoms. The van der Waals surface area contributed by atoms with Gasteiger partial charge in [-0.1, -0.05) is 6.08 Å². The van der Waals surface area contributed by atoms with Gasteiger partial charge in [-0.2, -0.15) is 0 Å². The van der Waals surface area contributed by atoms with E-state index in [0.29, 0.717) is 24.6 Å². The predicted octanol–water partition coefficient (Wildman–Crippen LogP) is 0.366. The molecular formula is C12H19N5O. The van der Waals surface area contributed by atoms with Crippen molar-refractivity contribution in [1.29, 1.82) is 0 Å². The van der Waals surface area contributed by atoms with Crippen LogP contribution in [0.25, 0.3) is 0 Å². The molecule has 1 rings (SSSR count). The van der Waals surface area contributed by atoms with E-state index in [0.717, 1.165) is 6.54 Å². The van der Waals surface area contributed by atoms with Gasteiger partial charge in [0.25, 0.3) is 5.91 Å². The molecule has 1 amide bonds. The van der Waals surface area contributed by atoms with Gasteiger partial charge in [0.1, 0.15) is 11.5 Å². The first-order valence-corrected chi connectivity index (χ1v) is 5.73. The third kappa shape index (κ3) is 4.92. The zero-order chi connectivity index (χ0) is 13.4. The van der Waals surface area contributed by atoms with Crippen LogP contribution < -0.4 is 10.6 Å². The summed E-state index contributed by atoms with van der Waals surface area (Å²) in [5.74, 6) is 0.416. The van der Waals surface area contributed by atoms with Crippen LogP contribution in [0.2, 0.25) is 0 Å². The summed E-state index contributed by atoms with van der Waals surface area (Å²) in [6.07, 6.45) is 4.71. The molecule has 98 valence electrons. The number of hydrogen-bond donors (Lipinski definition) is 2. The second-order valence-electron chi connectivity index (χ2n) is 4.02. The summed E-state index contributed by atoms with van der Waals surface area (Å²) in [6, 6.07) is 0. The molecule has 0 atom stereocenters. The molecule has 0 aliphatic carbocycles. The number of hydrogen-bond acceptors (Lipinski definition) is 5. The summed E-state index contributed by atoms with van der Waals surface area (Å²) in [5.41, 5.74) is 0.318. The fourth-order valence-corrected chi connectivity index (χ4v) is 1.20. The molecule has 2 N–H and O–H groups in total. The minimum Gasteiger partial charge on any atom is -0.365 e. The maximum absolute atomic E-state index is 11.7. The molecule has 0 fully saturated rings.